The van der Waals surface area contributed by atoms with Gasteiger partial charge in [-0.15, -0.1) is 0 Å². The van der Waals surface area contributed by atoms with Crippen molar-refractivity contribution in [3.05, 3.63) is 0 Å². The normalized spacial score (nSPS) is 32.5. The molecule has 0 radical (unpaired) electrons. The van der Waals surface area contributed by atoms with Crippen LogP contribution in [-0.4, -0.2) is 29.4 Å². The summed E-state index contributed by atoms with van der Waals surface area (Å²) in [5.41, 5.74) is 5.84. The molecule has 0 aromatic carbocycles. The van der Waals surface area contributed by atoms with E-state index in [0.29, 0.717) is 6.04 Å². The number of rotatable bonds is 2. The molecule has 1 saturated carbocycles. The maximum atomic E-state index is 12.1. The number of piperidine rings is 1. The van der Waals surface area contributed by atoms with Gasteiger partial charge in [0, 0.05) is 12.6 Å². The molecule has 3 atom stereocenters. The highest BCUT2D eigenvalue weighted by Gasteiger charge is 2.38. The number of fused-ring (bicyclic) bond motifs is 1. The van der Waals surface area contributed by atoms with Crippen LogP contribution >= 0.6 is 0 Å². The SMILES string of the molecule is CC[C@H](N)C(=O)N1CCCC2CCCC21. The third-order valence-corrected chi connectivity index (χ3v) is 4.03. The third kappa shape index (κ3) is 2.03. The topological polar surface area (TPSA) is 46.3 Å². The van der Waals surface area contributed by atoms with Gasteiger partial charge in [-0.2, -0.15) is 0 Å². The standard InChI is InChI=1S/C12H22N2O/c1-2-10(13)12(15)14-8-4-6-9-5-3-7-11(9)14/h9-11H,2-8,13H2,1H3/t9?,10-,11?/m0/s1. The van der Waals surface area contributed by atoms with E-state index in [2.05, 4.69) is 4.90 Å². The predicted octanol–water partition coefficient (Wildman–Crippen LogP) is 1.51. The number of hydrogen-bond donors (Lipinski definition) is 1. The second kappa shape index (κ2) is 4.52. The molecule has 1 saturated heterocycles. The molecule has 15 heavy (non-hydrogen) atoms. The molecule has 3 nitrogen and oxygen atoms in total. The fourth-order valence-electron chi connectivity index (χ4n) is 3.12. The zero-order valence-corrected chi connectivity index (χ0v) is 9.61. The number of carbonyl (C=O) groups is 1. The molecule has 0 aromatic rings. The summed E-state index contributed by atoms with van der Waals surface area (Å²) < 4.78 is 0. The van der Waals surface area contributed by atoms with Crippen LogP contribution in [0.4, 0.5) is 0 Å². The molecule has 2 aliphatic rings. The Bertz CT molecular complexity index is 242. The molecule has 3 heteroatoms. The Hall–Kier alpha value is -0.570. The maximum Gasteiger partial charge on any atom is 0.239 e. The summed E-state index contributed by atoms with van der Waals surface area (Å²) in [4.78, 5) is 14.2. The zero-order chi connectivity index (χ0) is 10.8. The van der Waals surface area contributed by atoms with Crippen molar-refractivity contribution in [1.82, 2.24) is 4.90 Å². The Labute approximate surface area is 92.0 Å². The van der Waals surface area contributed by atoms with Crippen molar-refractivity contribution < 1.29 is 4.79 Å². The molecule has 0 aromatic heterocycles. The van der Waals surface area contributed by atoms with Crippen LogP contribution in [0, 0.1) is 5.92 Å². The summed E-state index contributed by atoms with van der Waals surface area (Å²) in [6.45, 7) is 2.92. The van der Waals surface area contributed by atoms with Crippen LogP contribution in [0.25, 0.3) is 0 Å². The van der Waals surface area contributed by atoms with Gasteiger partial charge < -0.3 is 10.6 Å². The monoisotopic (exact) mass is 210 g/mol. The minimum atomic E-state index is -0.274. The first kappa shape index (κ1) is 10.9. The number of hydrogen-bond acceptors (Lipinski definition) is 2. The number of carbonyl (C=O) groups excluding carboxylic acids is 1. The number of likely N-dealkylation sites (tertiary alicyclic amines) is 1. The minimum absolute atomic E-state index is 0.189. The van der Waals surface area contributed by atoms with E-state index >= 15 is 0 Å². The lowest BCUT2D eigenvalue weighted by Gasteiger charge is -2.39. The van der Waals surface area contributed by atoms with Crippen molar-refractivity contribution in [2.75, 3.05) is 6.54 Å². The Morgan fingerprint density at radius 1 is 1.40 bits per heavy atom. The van der Waals surface area contributed by atoms with Crippen molar-refractivity contribution in [2.45, 2.75) is 57.5 Å². The molecule has 1 amide bonds. The lowest BCUT2D eigenvalue weighted by Crippen LogP contribution is -2.52. The summed E-state index contributed by atoms with van der Waals surface area (Å²) in [6.07, 6.45) is 7.05. The molecule has 2 fully saturated rings. The van der Waals surface area contributed by atoms with Crippen molar-refractivity contribution in [3.8, 4) is 0 Å². The Morgan fingerprint density at radius 3 is 2.87 bits per heavy atom. The predicted molar refractivity (Wildman–Crippen MR) is 60.3 cm³/mol. The summed E-state index contributed by atoms with van der Waals surface area (Å²) in [7, 11) is 0. The minimum Gasteiger partial charge on any atom is -0.338 e. The van der Waals surface area contributed by atoms with Crippen LogP contribution in [0.1, 0.15) is 45.4 Å². The van der Waals surface area contributed by atoms with Gasteiger partial charge in [0.2, 0.25) is 5.91 Å². The second-order valence-electron chi connectivity index (χ2n) is 4.95. The Morgan fingerprint density at radius 2 is 2.13 bits per heavy atom. The van der Waals surface area contributed by atoms with E-state index in [1.165, 1.54) is 32.1 Å². The van der Waals surface area contributed by atoms with Crippen LogP contribution in [0.15, 0.2) is 0 Å². The lowest BCUT2D eigenvalue weighted by atomic mass is 9.91. The largest absolute Gasteiger partial charge is 0.338 e. The average Bonchev–Trinajstić information content (AvgIpc) is 2.74. The van der Waals surface area contributed by atoms with E-state index in [1.54, 1.807) is 0 Å². The first-order valence-electron chi connectivity index (χ1n) is 6.30. The first-order valence-corrected chi connectivity index (χ1v) is 6.30. The van der Waals surface area contributed by atoms with Gasteiger partial charge in [-0.25, -0.2) is 0 Å². The van der Waals surface area contributed by atoms with Gasteiger partial charge in [-0.05, 0) is 38.0 Å². The molecule has 2 N–H and O–H groups in total. The molecule has 1 heterocycles. The van der Waals surface area contributed by atoms with Crippen LogP contribution in [0.5, 0.6) is 0 Å². The molecule has 2 rings (SSSR count). The van der Waals surface area contributed by atoms with Crippen molar-refractivity contribution in [2.24, 2.45) is 11.7 Å². The van der Waals surface area contributed by atoms with E-state index in [9.17, 15) is 4.79 Å². The second-order valence-corrected chi connectivity index (χ2v) is 4.95. The smallest absolute Gasteiger partial charge is 0.239 e. The van der Waals surface area contributed by atoms with Gasteiger partial charge in [-0.3, -0.25) is 4.79 Å². The summed E-state index contributed by atoms with van der Waals surface area (Å²) in [6, 6.07) is 0.244. The highest BCUT2D eigenvalue weighted by molar-refractivity contribution is 5.82. The number of amides is 1. The highest BCUT2D eigenvalue weighted by atomic mass is 16.2. The summed E-state index contributed by atoms with van der Waals surface area (Å²) >= 11 is 0. The number of nitrogens with two attached hydrogens (primary N) is 1. The van der Waals surface area contributed by atoms with Crippen molar-refractivity contribution in [1.29, 1.82) is 0 Å². The van der Waals surface area contributed by atoms with Crippen molar-refractivity contribution in [3.63, 3.8) is 0 Å². The van der Waals surface area contributed by atoms with Gasteiger partial charge in [-0.1, -0.05) is 13.3 Å². The fraction of sp³-hybridized carbons (Fsp3) is 0.917. The van der Waals surface area contributed by atoms with E-state index in [1.807, 2.05) is 6.92 Å². The molecular weight excluding hydrogens is 188 g/mol. The van der Waals surface area contributed by atoms with E-state index < -0.39 is 0 Å². The number of nitrogens with zero attached hydrogens (tertiary/aromatic N) is 1. The molecule has 1 aliphatic heterocycles. The molecule has 0 spiro atoms. The molecule has 2 unspecified atom stereocenters. The van der Waals surface area contributed by atoms with Gasteiger partial charge in [0.25, 0.3) is 0 Å². The Balaban J connectivity index is 2.04. The van der Waals surface area contributed by atoms with Crippen LogP contribution < -0.4 is 5.73 Å². The van der Waals surface area contributed by atoms with Gasteiger partial charge in [0.15, 0.2) is 0 Å². The van der Waals surface area contributed by atoms with E-state index in [-0.39, 0.29) is 11.9 Å². The van der Waals surface area contributed by atoms with Crippen LogP contribution in [0.3, 0.4) is 0 Å². The average molecular weight is 210 g/mol. The van der Waals surface area contributed by atoms with Crippen molar-refractivity contribution >= 4 is 5.91 Å². The summed E-state index contributed by atoms with van der Waals surface area (Å²) in [5.74, 6) is 0.959. The van der Waals surface area contributed by atoms with Gasteiger partial charge in [0.1, 0.15) is 0 Å². The molecule has 86 valence electrons. The fourth-order valence-corrected chi connectivity index (χ4v) is 3.12. The molecule has 1 aliphatic carbocycles. The first-order chi connectivity index (χ1) is 7.24. The van der Waals surface area contributed by atoms with E-state index in [4.69, 9.17) is 5.73 Å². The van der Waals surface area contributed by atoms with E-state index in [0.717, 1.165) is 18.9 Å². The highest BCUT2D eigenvalue weighted by Crippen LogP contribution is 2.36. The van der Waals surface area contributed by atoms with Crippen LogP contribution in [-0.2, 0) is 4.79 Å². The summed E-state index contributed by atoms with van der Waals surface area (Å²) in [5, 5.41) is 0. The molecule has 0 bridgehead atoms. The zero-order valence-electron chi connectivity index (χ0n) is 9.61. The van der Waals surface area contributed by atoms with Gasteiger partial charge >= 0.3 is 0 Å². The maximum absolute atomic E-state index is 12.1. The van der Waals surface area contributed by atoms with Gasteiger partial charge in [0.05, 0.1) is 6.04 Å². The molecular formula is C12H22N2O. The Kier molecular flexibility index (Phi) is 3.29. The third-order valence-electron chi connectivity index (χ3n) is 4.03. The van der Waals surface area contributed by atoms with Crippen LogP contribution in [0.2, 0.25) is 0 Å². The lowest BCUT2D eigenvalue weighted by molar-refractivity contribution is -0.137. The quantitative estimate of drug-likeness (QED) is 0.751.